The Balaban J connectivity index is 2.09. The highest BCUT2D eigenvalue weighted by atomic mass is 32.2. The third kappa shape index (κ3) is 6.90. The number of nitrogens with zero attached hydrogens (tertiary/aromatic N) is 3. The fraction of sp³-hybridized carbons (Fsp3) is 0.259. The lowest BCUT2D eigenvalue weighted by Crippen LogP contribution is -2.51. The van der Waals surface area contributed by atoms with Gasteiger partial charge in [0.25, 0.3) is 15.7 Å². The number of methoxy groups -OCH3 is 1. The second-order valence-corrected chi connectivity index (χ2v) is 10.4. The topological polar surface area (TPSA) is 139 Å². The van der Waals surface area contributed by atoms with E-state index in [-0.39, 0.29) is 29.2 Å². The highest BCUT2D eigenvalue weighted by Crippen LogP contribution is 2.28. The van der Waals surface area contributed by atoms with E-state index in [1.54, 1.807) is 37.3 Å². The molecular weight excluding hydrogens is 524 g/mol. The molecule has 3 aromatic rings. The molecule has 11 nitrogen and oxygen atoms in total. The zero-order valence-corrected chi connectivity index (χ0v) is 22.6. The van der Waals surface area contributed by atoms with E-state index >= 15 is 0 Å². The Kier molecular flexibility index (Phi) is 9.61. The van der Waals surface area contributed by atoms with Crippen LogP contribution in [0.1, 0.15) is 18.9 Å². The molecule has 0 spiro atoms. The van der Waals surface area contributed by atoms with Gasteiger partial charge < -0.3 is 15.0 Å². The smallest absolute Gasteiger partial charge is 0.271 e. The van der Waals surface area contributed by atoms with E-state index in [2.05, 4.69) is 5.32 Å². The monoisotopic (exact) mass is 554 g/mol. The van der Waals surface area contributed by atoms with Crippen LogP contribution in [0.5, 0.6) is 5.75 Å². The molecular formula is C27H30N4O7S. The summed E-state index contributed by atoms with van der Waals surface area (Å²) in [4.78, 5) is 38.6. The first kappa shape index (κ1) is 29.1. The normalized spacial score (nSPS) is 11.8. The maximum atomic E-state index is 13.9. The van der Waals surface area contributed by atoms with Crippen molar-refractivity contribution >= 4 is 33.2 Å². The molecule has 1 N–H and O–H groups in total. The van der Waals surface area contributed by atoms with Crippen molar-refractivity contribution in [2.24, 2.45) is 0 Å². The number of hydrogen-bond acceptors (Lipinski definition) is 7. The van der Waals surface area contributed by atoms with Gasteiger partial charge in [0, 0.05) is 25.7 Å². The van der Waals surface area contributed by atoms with Gasteiger partial charge in [-0.15, -0.1) is 0 Å². The number of hydrogen-bond donors (Lipinski definition) is 1. The average molecular weight is 555 g/mol. The van der Waals surface area contributed by atoms with Gasteiger partial charge in [0.15, 0.2) is 0 Å². The molecule has 0 bridgehead atoms. The highest BCUT2D eigenvalue weighted by Gasteiger charge is 2.33. The number of amides is 2. The number of nitro benzene ring substituents is 1. The summed E-state index contributed by atoms with van der Waals surface area (Å²) < 4.78 is 33.6. The van der Waals surface area contributed by atoms with E-state index in [0.29, 0.717) is 11.3 Å². The van der Waals surface area contributed by atoms with Crippen molar-refractivity contribution in [2.75, 3.05) is 25.0 Å². The van der Waals surface area contributed by atoms with E-state index in [1.807, 2.05) is 0 Å². The van der Waals surface area contributed by atoms with Crippen LogP contribution in [0, 0.1) is 10.1 Å². The predicted octanol–water partition coefficient (Wildman–Crippen LogP) is 3.35. The highest BCUT2D eigenvalue weighted by molar-refractivity contribution is 7.92. The van der Waals surface area contributed by atoms with Gasteiger partial charge in [-0.05, 0) is 42.3 Å². The number of likely N-dealkylation sites (N-methyl/N-ethyl adjacent to an activating group) is 1. The molecule has 0 radical (unpaired) electrons. The maximum Gasteiger partial charge on any atom is 0.271 e. The van der Waals surface area contributed by atoms with Gasteiger partial charge >= 0.3 is 0 Å². The molecule has 2 amide bonds. The van der Waals surface area contributed by atoms with Crippen LogP contribution >= 0.6 is 0 Å². The van der Waals surface area contributed by atoms with Gasteiger partial charge in [0.05, 0.1) is 22.6 Å². The lowest BCUT2D eigenvalue weighted by atomic mass is 10.1. The minimum atomic E-state index is -4.32. The molecule has 12 heteroatoms. The molecule has 1 unspecified atom stereocenters. The molecule has 3 aromatic carbocycles. The van der Waals surface area contributed by atoms with Crippen molar-refractivity contribution in [1.29, 1.82) is 0 Å². The van der Waals surface area contributed by atoms with Crippen LogP contribution in [0.15, 0.2) is 83.8 Å². The van der Waals surface area contributed by atoms with E-state index in [0.717, 1.165) is 10.4 Å². The van der Waals surface area contributed by atoms with Crippen molar-refractivity contribution < 1.29 is 27.7 Å². The Bertz CT molecular complexity index is 1430. The number of carbonyl (C=O) groups is 2. The molecule has 39 heavy (non-hydrogen) atoms. The number of rotatable bonds is 12. The van der Waals surface area contributed by atoms with E-state index in [1.165, 1.54) is 61.5 Å². The lowest BCUT2D eigenvalue weighted by molar-refractivity contribution is -0.384. The van der Waals surface area contributed by atoms with Gasteiger partial charge in [-0.1, -0.05) is 43.3 Å². The van der Waals surface area contributed by atoms with Crippen molar-refractivity contribution in [1.82, 2.24) is 10.2 Å². The molecule has 1 atom stereocenters. The quantitative estimate of drug-likeness (QED) is 0.268. The third-order valence-corrected chi connectivity index (χ3v) is 7.85. The number of ether oxygens (including phenoxy) is 1. The van der Waals surface area contributed by atoms with Crippen LogP contribution in [0.3, 0.4) is 0 Å². The second-order valence-electron chi connectivity index (χ2n) is 8.51. The SMILES string of the molecule is CCC(C(=O)NC)N(Cc1cccc(OC)c1)C(=O)CN(c1cccc([N+](=O)[O-])c1)S(=O)(=O)c1ccccc1. The van der Waals surface area contributed by atoms with E-state index in [9.17, 15) is 28.1 Å². The van der Waals surface area contributed by atoms with Crippen LogP contribution < -0.4 is 14.4 Å². The molecule has 0 aromatic heterocycles. The van der Waals surface area contributed by atoms with Gasteiger partial charge in [-0.3, -0.25) is 24.0 Å². The summed E-state index contributed by atoms with van der Waals surface area (Å²) in [5.41, 5.74) is 0.270. The number of carbonyl (C=O) groups excluding carboxylic acids is 2. The summed E-state index contributed by atoms with van der Waals surface area (Å²) >= 11 is 0. The van der Waals surface area contributed by atoms with Gasteiger partial charge in [-0.2, -0.15) is 0 Å². The number of non-ortho nitro benzene ring substituents is 1. The summed E-state index contributed by atoms with van der Waals surface area (Å²) in [5.74, 6) is -0.529. The largest absolute Gasteiger partial charge is 0.497 e. The first-order valence-electron chi connectivity index (χ1n) is 12.1. The Labute approximate surface area is 227 Å². The number of benzene rings is 3. The lowest BCUT2D eigenvalue weighted by Gasteiger charge is -2.33. The Morgan fingerprint density at radius 2 is 1.72 bits per heavy atom. The molecule has 0 saturated heterocycles. The van der Waals surface area contributed by atoms with Crippen molar-refractivity contribution in [3.63, 3.8) is 0 Å². The van der Waals surface area contributed by atoms with Crippen LogP contribution in [0.25, 0.3) is 0 Å². The third-order valence-electron chi connectivity index (χ3n) is 6.06. The Morgan fingerprint density at radius 1 is 1.03 bits per heavy atom. The summed E-state index contributed by atoms with van der Waals surface area (Å²) in [6, 6.07) is 18.6. The molecule has 0 aliphatic carbocycles. The molecule has 206 valence electrons. The molecule has 3 rings (SSSR count). The van der Waals surface area contributed by atoms with Crippen LogP contribution in [-0.2, 0) is 26.2 Å². The van der Waals surface area contributed by atoms with Crippen molar-refractivity contribution in [3.8, 4) is 5.75 Å². The summed E-state index contributed by atoms with van der Waals surface area (Å²) in [6.45, 7) is 1.04. The standard InChI is InChI=1S/C27H30N4O7S/c1-4-25(27(33)28-2)29(18-20-10-8-13-23(16-20)38-3)26(32)19-30(21-11-9-12-22(17-21)31(34)35)39(36,37)24-14-6-5-7-15-24/h5-17,25H,4,18-19H2,1-3H3,(H,28,33). The van der Waals surface area contributed by atoms with E-state index in [4.69, 9.17) is 4.74 Å². The van der Waals surface area contributed by atoms with Crippen LogP contribution in [0.4, 0.5) is 11.4 Å². The second kappa shape index (κ2) is 12.9. The molecule has 0 saturated carbocycles. The average Bonchev–Trinajstić information content (AvgIpc) is 2.95. The first-order valence-corrected chi connectivity index (χ1v) is 13.5. The fourth-order valence-corrected chi connectivity index (χ4v) is 5.49. The minimum absolute atomic E-state index is 0.00385. The molecule has 0 fully saturated rings. The maximum absolute atomic E-state index is 13.9. The zero-order valence-electron chi connectivity index (χ0n) is 21.8. The van der Waals surface area contributed by atoms with Gasteiger partial charge in [0.2, 0.25) is 11.8 Å². The fourth-order valence-electron chi connectivity index (χ4n) is 4.06. The minimum Gasteiger partial charge on any atom is -0.497 e. The Morgan fingerprint density at radius 3 is 2.33 bits per heavy atom. The molecule has 0 aliphatic rings. The molecule has 0 aliphatic heterocycles. The number of nitro groups is 1. The summed E-state index contributed by atoms with van der Waals surface area (Å²) in [7, 11) is -1.36. The number of sulfonamides is 1. The number of nitrogens with one attached hydrogen (secondary N) is 1. The Hall–Kier alpha value is -4.45. The van der Waals surface area contributed by atoms with Gasteiger partial charge in [0.1, 0.15) is 18.3 Å². The molecule has 0 heterocycles. The van der Waals surface area contributed by atoms with Crippen molar-refractivity contribution in [3.05, 3.63) is 94.5 Å². The summed E-state index contributed by atoms with van der Waals surface area (Å²) in [5, 5.41) is 14.0. The van der Waals surface area contributed by atoms with Crippen LogP contribution in [-0.4, -0.2) is 56.8 Å². The van der Waals surface area contributed by atoms with Crippen molar-refractivity contribution in [2.45, 2.75) is 30.8 Å². The van der Waals surface area contributed by atoms with Gasteiger partial charge in [-0.25, -0.2) is 8.42 Å². The number of anilines is 1. The zero-order chi connectivity index (χ0) is 28.6. The van der Waals surface area contributed by atoms with E-state index < -0.39 is 39.3 Å². The van der Waals surface area contributed by atoms with Crippen LogP contribution in [0.2, 0.25) is 0 Å². The predicted molar refractivity (Wildman–Crippen MR) is 146 cm³/mol. The first-order chi connectivity index (χ1) is 18.6. The summed E-state index contributed by atoms with van der Waals surface area (Å²) in [6.07, 6.45) is 0.262.